The molecule has 170 valence electrons. The van der Waals surface area contributed by atoms with Gasteiger partial charge in [-0.25, -0.2) is 21.6 Å². The van der Waals surface area contributed by atoms with Crippen LogP contribution < -0.4 is 4.72 Å². The molecular weight excluding hydrogens is 428 g/mol. The Morgan fingerprint density at radius 1 is 0.867 bits per heavy atom. The molecule has 30 heavy (non-hydrogen) atoms. The third-order valence-corrected chi connectivity index (χ3v) is 8.92. The molecule has 0 spiro atoms. The molecule has 9 nitrogen and oxygen atoms in total. The van der Waals surface area contributed by atoms with Gasteiger partial charge in [0.25, 0.3) is 0 Å². The average Bonchev–Trinajstić information content (AvgIpc) is 2.75. The quantitative estimate of drug-likeness (QED) is 0.519. The number of hydrogen-bond acceptors (Lipinski definition) is 7. The number of ether oxygens (including phenoxy) is 1. The van der Waals surface area contributed by atoms with Crippen LogP contribution in [0.15, 0.2) is 34.1 Å². The number of hydrogen-bond donors (Lipinski definition) is 1. The van der Waals surface area contributed by atoms with Crippen molar-refractivity contribution in [1.29, 1.82) is 0 Å². The fourth-order valence-electron chi connectivity index (χ4n) is 3.55. The van der Waals surface area contributed by atoms with E-state index in [1.165, 1.54) is 28.6 Å². The van der Waals surface area contributed by atoms with Crippen molar-refractivity contribution in [3.8, 4) is 0 Å². The van der Waals surface area contributed by atoms with Crippen molar-refractivity contribution in [2.24, 2.45) is 0 Å². The van der Waals surface area contributed by atoms with Crippen molar-refractivity contribution in [3.05, 3.63) is 24.3 Å². The first-order valence-corrected chi connectivity index (χ1v) is 13.3. The van der Waals surface area contributed by atoms with Crippen molar-refractivity contribution in [3.63, 3.8) is 0 Å². The highest BCUT2D eigenvalue weighted by Gasteiger charge is 2.26. The molecule has 0 radical (unpaired) electrons. The van der Waals surface area contributed by atoms with Gasteiger partial charge in [0.1, 0.15) is 0 Å². The number of rotatable bonds is 9. The molecule has 3 rings (SSSR count). The number of benzene rings is 1. The van der Waals surface area contributed by atoms with E-state index in [0.717, 1.165) is 45.6 Å². The monoisotopic (exact) mass is 460 g/mol. The van der Waals surface area contributed by atoms with Gasteiger partial charge in [0.05, 0.1) is 23.0 Å². The zero-order chi connectivity index (χ0) is 21.6. The molecule has 2 heterocycles. The standard InChI is InChI=1S/C19H32N4O5S2/c1-21-10-12-22(13-11-21)9-3-2-8-20-29(24,25)18-4-6-19(7-5-18)30(26,27)23-14-16-28-17-15-23/h4-7,20H,2-3,8-17H2,1H3. The van der Waals surface area contributed by atoms with Gasteiger partial charge in [0.2, 0.25) is 20.0 Å². The average molecular weight is 461 g/mol. The maximum atomic E-state index is 12.6. The van der Waals surface area contributed by atoms with E-state index in [0.29, 0.717) is 32.8 Å². The van der Waals surface area contributed by atoms with Crippen molar-refractivity contribution < 1.29 is 21.6 Å². The summed E-state index contributed by atoms with van der Waals surface area (Å²) in [6, 6.07) is 5.40. The number of unbranched alkanes of at least 4 members (excludes halogenated alkanes) is 1. The Hall–Kier alpha value is -1.08. The molecule has 0 saturated carbocycles. The van der Waals surface area contributed by atoms with E-state index >= 15 is 0 Å². The smallest absolute Gasteiger partial charge is 0.243 e. The number of likely N-dealkylation sites (N-methyl/N-ethyl adjacent to an activating group) is 1. The van der Waals surface area contributed by atoms with E-state index in [1.807, 2.05) is 0 Å². The van der Waals surface area contributed by atoms with Gasteiger partial charge in [-0.2, -0.15) is 4.31 Å². The highest BCUT2D eigenvalue weighted by molar-refractivity contribution is 7.89. The molecular formula is C19H32N4O5S2. The second-order valence-electron chi connectivity index (χ2n) is 7.74. The zero-order valence-electron chi connectivity index (χ0n) is 17.5. The lowest BCUT2D eigenvalue weighted by Crippen LogP contribution is -2.44. The van der Waals surface area contributed by atoms with Crippen LogP contribution in [-0.2, 0) is 24.8 Å². The van der Waals surface area contributed by atoms with Crippen LogP contribution in [0.25, 0.3) is 0 Å². The van der Waals surface area contributed by atoms with Gasteiger partial charge < -0.3 is 14.5 Å². The van der Waals surface area contributed by atoms with E-state index in [-0.39, 0.29) is 9.79 Å². The van der Waals surface area contributed by atoms with E-state index in [9.17, 15) is 16.8 Å². The molecule has 0 aromatic heterocycles. The predicted octanol–water partition coefficient (Wildman–Crippen LogP) is 0.0134. The van der Waals surface area contributed by atoms with Gasteiger partial charge >= 0.3 is 0 Å². The summed E-state index contributed by atoms with van der Waals surface area (Å²) in [6.07, 6.45) is 1.69. The molecule has 2 saturated heterocycles. The van der Waals surface area contributed by atoms with Crippen LogP contribution in [0.2, 0.25) is 0 Å². The van der Waals surface area contributed by atoms with Crippen LogP contribution in [0, 0.1) is 0 Å². The molecule has 1 N–H and O–H groups in total. The second-order valence-corrected chi connectivity index (χ2v) is 11.4. The summed E-state index contributed by atoms with van der Waals surface area (Å²) in [6.45, 7) is 6.94. The summed E-state index contributed by atoms with van der Waals surface area (Å²) in [5.41, 5.74) is 0. The number of piperazine rings is 1. The van der Waals surface area contributed by atoms with Crippen LogP contribution in [0.5, 0.6) is 0 Å². The van der Waals surface area contributed by atoms with Crippen molar-refractivity contribution >= 4 is 20.0 Å². The van der Waals surface area contributed by atoms with Gasteiger partial charge in [0.15, 0.2) is 0 Å². The lowest BCUT2D eigenvalue weighted by atomic mass is 10.2. The highest BCUT2D eigenvalue weighted by Crippen LogP contribution is 2.19. The SMILES string of the molecule is CN1CCN(CCCCNS(=O)(=O)c2ccc(S(=O)(=O)N3CCOCC3)cc2)CC1. The van der Waals surface area contributed by atoms with Gasteiger partial charge in [-0.15, -0.1) is 0 Å². The molecule has 2 fully saturated rings. The third kappa shape index (κ3) is 6.22. The lowest BCUT2D eigenvalue weighted by Gasteiger charge is -2.32. The summed E-state index contributed by atoms with van der Waals surface area (Å²) < 4.78 is 59.4. The molecule has 2 aliphatic heterocycles. The summed E-state index contributed by atoms with van der Waals surface area (Å²) >= 11 is 0. The second kappa shape index (κ2) is 10.5. The number of nitrogens with zero attached hydrogens (tertiary/aromatic N) is 3. The Kier molecular flexibility index (Phi) is 8.24. The van der Waals surface area contributed by atoms with E-state index in [4.69, 9.17) is 4.74 Å². The molecule has 0 unspecified atom stereocenters. The van der Waals surface area contributed by atoms with Crippen LogP contribution in [0.1, 0.15) is 12.8 Å². The topological polar surface area (TPSA) is 99.3 Å². The third-order valence-electron chi connectivity index (χ3n) is 5.53. The number of sulfonamides is 2. The highest BCUT2D eigenvalue weighted by atomic mass is 32.2. The van der Waals surface area contributed by atoms with E-state index < -0.39 is 20.0 Å². The fourth-order valence-corrected chi connectivity index (χ4v) is 6.03. The van der Waals surface area contributed by atoms with E-state index in [2.05, 4.69) is 21.6 Å². The van der Waals surface area contributed by atoms with Gasteiger partial charge in [-0.05, 0) is 50.7 Å². The minimum atomic E-state index is -3.66. The summed E-state index contributed by atoms with van der Waals surface area (Å²) in [5, 5.41) is 0. The maximum Gasteiger partial charge on any atom is 0.243 e. The van der Waals surface area contributed by atoms with Crippen LogP contribution in [0.3, 0.4) is 0 Å². The molecule has 0 aliphatic carbocycles. The Morgan fingerprint density at radius 3 is 2.10 bits per heavy atom. The normalized spacial score (nSPS) is 20.4. The van der Waals surface area contributed by atoms with Gasteiger partial charge in [-0.1, -0.05) is 0 Å². The van der Waals surface area contributed by atoms with Crippen molar-refractivity contribution in [1.82, 2.24) is 18.8 Å². The summed E-state index contributed by atoms with van der Waals surface area (Å²) in [4.78, 5) is 4.88. The molecule has 2 aliphatic rings. The van der Waals surface area contributed by atoms with Gasteiger partial charge in [-0.3, -0.25) is 0 Å². The maximum absolute atomic E-state index is 12.6. The molecule has 0 atom stereocenters. The Morgan fingerprint density at radius 2 is 1.47 bits per heavy atom. The Labute approximate surface area is 180 Å². The number of nitrogens with one attached hydrogen (secondary N) is 1. The first-order valence-electron chi connectivity index (χ1n) is 10.4. The zero-order valence-corrected chi connectivity index (χ0v) is 19.1. The van der Waals surface area contributed by atoms with Crippen LogP contribution in [-0.4, -0.2) is 104 Å². The largest absolute Gasteiger partial charge is 0.379 e. The molecule has 1 aromatic rings. The predicted molar refractivity (Wildman–Crippen MR) is 114 cm³/mol. The first kappa shape index (κ1) is 23.6. The molecule has 1 aromatic carbocycles. The van der Waals surface area contributed by atoms with E-state index in [1.54, 1.807) is 0 Å². The number of morpholine rings is 1. The fraction of sp³-hybridized carbons (Fsp3) is 0.684. The Bertz CT molecular complexity index is 876. The van der Waals surface area contributed by atoms with Crippen LogP contribution >= 0.6 is 0 Å². The van der Waals surface area contributed by atoms with Crippen LogP contribution in [0.4, 0.5) is 0 Å². The lowest BCUT2D eigenvalue weighted by molar-refractivity contribution is 0.0730. The first-order chi connectivity index (χ1) is 14.3. The summed E-state index contributed by atoms with van der Waals surface area (Å²) in [5.74, 6) is 0. The van der Waals surface area contributed by atoms with Crippen molar-refractivity contribution in [2.45, 2.75) is 22.6 Å². The van der Waals surface area contributed by atoms with Gasteiger partial charge in [0, 0.05) is 45.8 Å². The minimum Gasteiger partial charge on any atom is -0.379 e. The Balaban J connectivity index is 1.47. The minimum absolute atomic E-state index is 0.0718. The van der Waals surface area contributed by atoms with Crippen molar-refractivity contribution in [2.75, 3.05) is 72.6 Å². The molecule has 0 bridgehead atoms. The molecule has 11 heteroatoms. The molecule has 0 amide bonds. The summed E-state index contributed by atoms with van der Waals surface area (Å²) in [7, 11) is -5.17.